The summed E-state index contributed by atoms with van der Waals surface area (Å²) in [5.41, 5.74) is 0. The molecule has 0 aliphatic heterocycles. The van der Waals surface area contributed by atoms with Crippen molar-refractivity contribution < 1.29 is 19.1 Å². The van der Waals surface area contributed by atoms with E-state index in [-0.39, 0.29) is 11.7 Å². The van der Waals surface area contributed by atoms with E-state index >= 15 is 0 Å². The zero-order chi connectivity index (χ0) is 23.6. The molecule has 0 aliphatic rings. The first kappa shape index (κ1) is 35.6. The molecule has 0 fully saturated rings. The molecule has 0 rings (SSSR count). The second-order valence-corrected chi connectivity index (χ2v) is 17.8. The van der Waals surface area contributed by atoms with Crippen LogP contribution >= 0.6 is 12.6 Å². The van der Waals surface area contributed by atoms with Crippen LogP contribution in [0.25, 0.3) is 0 Å². The summed E-state index contributed by atoms with van der Waals surface area (Å²) in [6, 6.07) is 0. The first-order valence-corrected chi connectivity index (χ1v) is 22.0. The van der Waals surface area contributed by atoms with Gasteiger partial charge in [0.15, 0.2) is 0 Å². The normalized spacial score (nSPS) is 9.87. The third kappa shape index (κ3) is 39.5. The van der Waals surface area contributed by atoms with Gasteiger partial charge in [-0.05, 0) is 12.3 Å². The number of rotatable bonds is 16. The second kappa shape index (κ2) is 30.0. The van der Waals surface area contributed by atoms with Crippen LogP contribution < -0.4 is 0 Å². The van der Waals surface area contributed by atoms with Gasteiger partial charge in [0.2, 0.25) is 0 Å². The van der Waals surface area contributed by atoms with Gasteiger partial charge in [0.1, 0.15) is 0 Å². The van der Waals surface area contributed by atoms with Gasteiger partial charge in [0.05, 0.1) is 12.4 Å². The van der Waals surface area contributed by atoms with Gasteiger partial charge in [-0.25, -0.2) is 0 Å². The number of esters is 1. The molecule has 0 saturated carbocycles. The van der Waals surface area contributed by atoms with Crippen molar-refractivity contribution in [1.29, 1.82) is 0 Å². The van der Waals surface area contributed by atoms with Gasteiger partial charge in [-0.1, -0.05) is 33.1 Å². The maximum atomic E-state index is 11.2. The number of hydrogen-bond acceptors (Lipinski definition) is 5. The van der Waals surface area contributed by atoms with Crippen LogP contribution in [0.4, 0.5) is 0 Å². The minimum absolute atomic E-state index is 0.187. The Labute approximate surface area is 206 Å². The molecule has 0 aromatic heterocycles. The van der Waals surface area contributed by atoms with E-state index in [1.54, 1.807) is 0 Å². The Balaban J connectivity index is -0.000000383. The van der Waals surface area contributed by atoms with E-state index in [0.717, 1.165) is 40.5 Å². The van der Waals surface area contributed by atoms with Gasteiger partial charge in [0.25, 0.3) is 0 Å². The Morgan fingerprint density at radius 3 is 1.73 bits per heavy atom. The van der Waals surface area contributed by atoms with Crippen molar-refractivity contribution in [2.45, 2.75) is 112 Å². The van der Waals surface area contributed by atoms with Crippen LogP contribution in [0.1, 0.15) is 98.8 Å². The van der Waals surface area contributed by atoms with Gasteiger partial charge in [-0.2, -0.15) is 12.6 Å². The molecule has 0 atom stereocenters. The molecule has 180 valence electrons. The van der Waals surface area contributed by atoms with Crippen molar-refractivity contribution in [3.63, 3.8) is 0 Å². The van der Waals surface area contributed by atoms with Crippen LogP contribution in [0, 0.1) is 5.92 Å². The van der Waals surface area contributed by atoms with Crippen molar-refractivity contribution in [2.24, 2.45) is 5.92 Å². The fraction of sp³-hybridized carbons (Fsp3) is 0.955. The van der Waals surface area contributed by atoms with Gasteiger partial charge in [-0.3, -0.25) is 4.79 Å². The van der Waals surface area contributed by atoms with Crippen molar-refractivity contribution in [3.05, 3.63) is 0 Å². The first-order chi connectivity index (χ1) is 14.2. The van der Waals surface area contributed by atoms with Gasteiger partial charge < -0.3 is 4.74 Å². The van der Waals surface area contributed by atoms with Crippen molar-refractivity contribution in [2.75, 3.05) is 12.4 Å². The molecule has 1 N–H and O–H groups in total. The summed E-state index contributed by atoms with van der Waals surface area (Å²) in [4.78, 5) is 10.7. The SMILES string of the molecule is CC(C)CCCCCOC(=O)CS.CCC[CH2][Sn](=[O])[CH2]CCC.CCC[CH2][Sn](=[O])[OH]. The number of thiol groups is 1. The summed E-state index contributed by atoms with van der Waals surface area (Å²) in [5, 5.41) is 0. The molecule has 0 unspecified atom stereocenters. The summed E-state index contributed by atoms with van der Waals surface area (Å²) in [5.74, 6) is 0.749. The molecule has 0 aromatic carbocycles. The van der Waals surface area contributed by atoms with Crippen LogP contribution in [0.3, 0.4) is 0 Å². The average Bonchev–Trinajstić information content (AvgIpc) is 2.72. The molecule has 0 saturated heterocycles. The fourth-order valence-corrected chi connectivity index (χ4v) is 9.21. The Bertz CT molecular complexity index is 397. The summed E-state index contributed by atoms with van der Waals surface area (Å²) in [7, 11) is 0. The molecule has 0 heterocycles. The monoisotopic (exact) mass is 664 g/mol. The molecule has 8 heteroatoms. The molecule has 0 aliphatic carbocycles. The van der Waals surface area contributed by atoms with E-state index in [4.69, 9.17) is 8.18 Å². The zero-order valence-electron chi connectivity index (χ0n) is 20.2. The zero-order valence-corrected chi connectivity index (χ0v) is 26.8. The average molecular weight is 662 g/mol. The van der Waals surface area contributed by atoms with E-state index in [2.05, 4.69) is 40.3 Å². The number of hydrogen-bond donors (Lipinski definition) is 2. The van der Waals surface area contributed by atoms with Crippen LogP contribution in [0.5, 0.6) is 0 Å². The summed E-state index contributed by atoms with van der Waals surface area (Å²) >= 11 is -1.07. The Hall–Kier alpha value is 0.977. The fourth-order valence-electron chi connectivity index (χ4n) is 2.26. The third-order valence-corrected chi connectivity index (χ3v) is 11.9. The van der Waals surface area contributed by atoms with E-state index in [1.807, 2.05) is 6.92 Å². The van der Waals surface area contributed by atoms with E-state index in [1.165, 1.54) is 38.5 Å². The Kier molecular flexibility index (Phi) is 35.5. The van der Waals surface area contributed by atoms with Gasteiger partial charge in [0, 0.05) is 0 Å². The molecule has 30 heavy (non-hydrogen) atoms. The van der Waals surface area contributed by atoms with E-state index in [9.17, 15) is 10.9 Å². The molecule has 5 nitrogen and oxygen atoms in total. The first-order valence-electron chi connectivity index (χ1n) is 11.7. The van der Waals surface area contributed by atoms with Crippen molar-refractivity contribution >= 4 is 58.5 Å². The summed E-state index contributed by atoms with van der Waals surface area (Å²) in [6.45, 7) is 11.3. The molecule has 0 bridgehead atoms. The van der Waals surface area contributed by atoms with Crippen molar-refractivity contribution in [3.8, 4) is 0 Å². The molecular formula is C22H48O5SSn2. The number of unbranched alkanes of at least 4 members (excludes halogenated alkanes) is 5. The Morgan fingerprint density at radius 1 is 0.867 bits per heavy atom. The van der Waals surface area contributed by atoms with E-state index in [0.29, 0.717) is 11.0 Å². The number of carbonyl (C=O) groups is 1. The molecule has 0 amide bonds. The predicted molar refractivity (Wildman–Crippen MR) is 132 cm³/mol. The van der Waals surface area contributed by atoms with Gasteiger partial charge in [-0.15, -0.1) is 0 Å². The predicted octanol–water partition coefficient (Wildman–Crippen LogP) is 6.38. The topological polar surface area (TPSA) is 80.7 Å². The second-order valence-electron chi connectivity index (χ2n) is 7.86. The number of ether oxygens (including phenoxy) is 1. The third-order valence-electron chi connectivity index (χ3n) is 4.18. The van der Waals surface area contributed by atoms with E-state index < -0.39 is 39.9 Å². The summed E-state index contributed by atoms with van der Waals surface area (Å²) < 4.78 is 37.2. The standard InChI is InChI=1S/C10H20O2S.3C4H9.H2O.2O.2Sn/c1-9(2)6-4-3-5-7-12-10(11)8-13;3*1-3-4-2;;;;;/h9,13H,3-8H2,1-2H3;3*1,3-4H2,2H3;1H2;;;;/q;;;;;;;;+1/p-1. The summed E-state index contributed by atoms with van der Waals surface area (Å²) in [6.07, 6.45) is 11.4. The van der Waals surface area contributed by atoms with Crippen LogP contribution in [0.2, 0.25) is 13.3 Å². The van der Waals surface area contributed by atoms with Crippen LogP contribution in [-0.4, -0.2) is 61.7 Å². The molecular weight excluding hydrogens is 614 g/mol. The van der Waals surface area contributed by atoms with Crippen LogP contribution in [0.15, 0.2) is 0 Å². The molecule has 0 spiro atoms. The Morgan fingerprint density at radius 2 is 1.37 bits per heavy atom. The van der Waals surface area contributed by atoms with Gasteiger partial charge >= 0.3 is 128 Å². The quantitative estimate of drug-likeness (QED) is 0.0869. The maximum absolute atomic E-state index is 11.2. The molecule has 0 radical (unpaired) electrons. The molecule has 0 aromatic rings. The minimum atomic E-state index is -2.89. The van der Waals surface area contributed by atoms with Crippen molar-refractivity contribution in [1.82, 2.24) is 0 Å². The van der Waals surface area contributed by atoms with Crippen LogP contribution in [-0.2, 0) is 15.7 Å². The number of carbonyl (C=O) groups excluding carboxylic acids is 1.